The monoisotopic (exact) mass is 479 g/mol. The van der Waals surface area contributed by atoms with Crippen molar-refractivity contribution < 1.29 is 14.3 Å². The zero-order valence-corrected chi connectivity index (χ0v) is 20.5. The van der Waals surface area contributed by atoms with Crippen molar-refractivity contribution in [2.75, 3.05) is 5.32 Å². The molecule has 2 amide bonds. The molecule has 6 heteroatoms. The van der Waals surface area contributed by atoms with Crippen LogP contribution in [-0.2, 0) is 16.2 Å². The van der Waals surface area contributed by atoms with E-state index in [9.17, 15) is 9.59 Å². The van der Waals surface area contributed by atoms with E-state index in [2.05, 4.69) is 15.8 Å². The van der Waals surface area contributed by atoms with Gasteiger partial charge in [-0.05, 0) is 53.4 Å². The molecule has 4 rings (SSSR count). The first-order valence-corrected chi connectivity index (χ1v) is 11.9. The molecule has 182 valence electrons. The van der Waals surface area contributed by atoms with Crippen molar-refractivity contribution in [3.63, 3.8) is 0 Å². The van der Waals surface area contributed by atoms with Crippen LogP contribution in [0.25, 0.3) is 10.8 Å². The largest absolute Gasteiger partial charge is 0.488 e. The maximum Gasteiger partial charge on any atom is 0.240 e. The highest BCUT2D eigenvalue weighted by molar-refractivity contribution is 6.02. The topological polar surface area (TPSA) is 79.8 Å². The summed E-state index contributed by atoms with van der Waals surface area (Å²) in [5.74, 6) is 0.117. The van der Waals surface area contributed by atoms with E-state index < -0.39 is 0 Å². The number of carbonyl (C=O) groups excluding carboxylic acids is 2. The molecule has 0 aromatic heterocycles. The maximum absolute atomic E-state index is 12.3. The van der Waals surface area contributed by atoms with Crippen molar-refractivity contribution in [1.82, 2.24) is 5.43 Å². The molecule has 0 saturated heterocycles. The lowest BCUT2D eigenvalue weighted by Gasteiger charge is -2.12. The molecular formula is C30H29N3O3. The standard InChI is InChI=1S/C30H29N3O3/c1-21-9-8-14-27(22(21)2)32-29(34)17-18-30(35)33-31-19-26-25-13-7-6-12-24(25)15-16-28(26)36-20-23-10-4-3-5-11-23/h3-16,19H,17-18,20H2,1-2H3,(H,32,34)(H,33,35). The van der Waals surface area contributed by atoms with Crippen LogP contribution in [0.15, 0.2) is 90.0 Å². The molecule has 36 heavy (non-hydrogen) atoms. The molecular weight excluding hydrogens is 450 g/mol. The summed E-state index contributed by atoms with van der Waals surface area (Å²) in [5, 5.41) is 9.04. The van der Waals surface area contributed by atoms with Gasteiger partial charge in [0, 0.05) is 24.1 Å². The summed E-state index contributed by atoms with van der Waals surface area (Å²) in [6.45, 7) is 4.36. The van der Waals surface area contributed by atoms with Crippen molar-refractivity contribution in [3.05, 3.63) is 107 Å². The van der Waals surface area contributed by atoms with Gasteiger partial charge >= 0.3 is 0 Å². The molecule has 2 N–H and O–H groups in total. The van der Waals surface area contributed by atoms with Crippen LogP contribution in [0, 0.1) is 13.8 Å². The molecule has 0 unspecified atom stereocenters. The fourth-order valence-corrected chi connectivity index (χ4v) is 3.82. The number of hydrazone groups is 1. The van der Waals surface area contributed by atoms with E-state index in [0.717, 1.165) is 38.7 Å². The van der Waals surface area contributed by atoms with Gasteiger partial charge in [0.2, 0.25) is 11.8 Å². The van der Waals surface area contributed by atoms with Gasteiger partial charge in [-0.3, -0.25) is 9.59 Å². The molecule has 0 aliphatic carbocycles. The van der Waals surface area contributed by atoms with Gasteiger partial charge in [-0.25, -0.2) is 5.43 Å². The van der Waals surface area contributed by atoms with Crippen molar-refractivity contribution in [2.24, 2.45) is 5.10 Å². The number of amides is 2. The van der Waals surface area contributed by atoms with Crippen molar-refractivity contribution in [1.29, 1.82) is 0 Å². The summed E-state index contributed by atoms with van der Waals surface area (Å²) in [7, 11) is 0. The molecule has 0 fully saturated rings. The lowest BCUT2D eigenvalue weighted by Crippen LogP contribution is -2.21. The van der Waals surface area contributed by atoms with Gasteiger partial charge in [-0.1, -0.05) is 72.8 Å². The summed E-state index contributed by atoms with van der Waals surface area (Å²) in [4.78, 5) is 24.6. The number of ether oxygens (including phenoxy) is 1. The molecule has 4 aromatic carbocycles. The van der Waals surface area contributed by atoms with Crippen LogP contribution in [0.2, 0.25) is 0 Å². The molecule has 0 atom stereocenters. The van der Waals surface area contributed by atoms with E-state index in [1.807, 2.05) is 98.8 Å². The molecule has 0 radical (unpaired) electrons. The molecule has 0 heterocycles. The quantitative estimate of drug-likeness (QED) is 0.232. The Morgan fingerprint density at radius 2 is 1.58 bits per heavy atom. The van der Waals surface area contributed by atoms with Gasteiger partial charge in [0.15, 0.2) is 0 Å². The van der Waals surface area contributed by atoms with Crippen LogP contribution >= 0.6 is 0 Å². The number of rotatable bonds is 9. The summed E-state index contributed by atoms with van der Waals surface area (Å²) in [6, 6.07) is 27.5. The highest BCUT2D eigenvalue weighted by Crippen LogP contribution is 2.27. The molecule has 0 spiro atoms. The summed E-state index contributed by atoms with van der Waals surface area (Å²) < 4.78 is 6.09. The van der Waals surface area contributed by atoms with Crippen LogP contribution in [0.4, 0.5) is 5.69 Å². The third kappa shape index (κ3) is 6.36. The van der Waals surface area contributed by atoms with Gasteiger partial charge in [0.25, 0.3) is 0 Å². The molecule has 0 aliphatic rings. The molecule has 6 nitrogen and oxygen atoms in total. The van der Waals surface area contributed by atoms with E-state index in [1.165, 1.54) is 0 Å². The van der Waals surface area contributed by atoms with E-state index in [4.69, 9.17) is 4.74 Å². The highest BCUT2D eigenvalue weighted by atomic mass is 16.5. The minimum atomic E-state index is -0.339. The number of carbonyl (C=O) groups is 2. The second-order valence-corrected chi connectivity index (χ2v) is 8.56. The first kappa shape index (κ1) is 24.7. The first-order valence-electron chi connectivity index (χ1n) is 11.9. The molecule has 0 aliphatic heterocycles. The Kier molecular flexibility index (Phi) is 8.08. The Hall–Kier alpha value is -4.45. The number of hydrogen-bond acceptors (Lipinski definition) is 4. The Morgan fingerprint density at radius 1 is 0.833 bits per heavy atom. The number of fused-ring (bicyclic) bond motifs is 1. The minimum absolute atomic E-state index is 0.0287. The van der Waals surface area contributed by atoms with Gasteiger partial charge in [-0.2, -0.15) is 5.10 Å². The second-order valence-electron chi connectivity index (χ2n) is 8.56. The smallest absolute Gasteiger partial charge is 0.240 e. The Bertz CT molecular complexity index is 1400. The van der Waals surface area contributed by atoms with E-state index >= 15 is 0 Å². The van der Waals surface area contributed by atoms with Gasteiger partial charge in [0.05, 0.1) is 6.21 Å². The first-order chi connectivity index (χ1) is 17.5. The van der Waals surface area contributed by atoms with Gasteiger partial charge < -0.3 is 10.1 Å². The van der Waals surface area contributed by atoms with Crippen molar-refractivity contribution >= 4 is 34.5 Å². The van der Waals surface area contributed by atoms with E-state index in [0.29, 0.717) is 12.4 Å². The van der Waals surface area contributed by atoms with E-state index in [1.54, 1.807) is 6.21 Å². The van der Waals surface area contributed by atoms with Crippen LogP contribution < -0.4 is 15.5 Å². The SMILES string of the molecule is Cc1cccc(NC(=O)CCC(=O)NN=Cc2c(OCc3ccccc3)ccc3ccccc23)c1C. The summed E-state index contributed by atoms with van der Waals surface area (Å²) >= 11 is 0. The number of hydrogen-bond donors (Lipinski definition) is 2. The minimum Gasteiger partial charge on any atom is -0.488 e. The average Bonchev–Trinajstić information content (AvgIpc) is 2.90. The van der Waals surface area contributed by atoms with E-state index in [-0.39, 0.29) is 24.7 Å². The normalized spacial score (nSPS) is 10.9. The fourth-order valence-electron chi connectivity index (χ4n) is 3.82. The Balaban J connectivity index is 1.38. The number of benzene rings is 4. The van der Waals surface area contributed by atoms with Crippen LogP contribution in [0.5, 0.6) is 5.75 Å². The average molecular weight is 480 g/mol. The second kappa shape index (κ2) is 11.8. The Morgan fingerprint density at radius 3 is 2.42 bits per heavy atom. The number of nitrogens with zero attached hydrogens (tertiary/aromatic N) is 1. The van der Waals surface area contributed by atoms with Crippen LogP contribution in [0.1, 0.15) is 35.1 Å². The zero-order chi connectivity index (χ0) is 25.3. The van der Waals surface area contributed by atoms with Crippen molar-refractivity contribution in [2.45, 2.75) is 33.3 Å². The summed E-state index contributed by atoms with van der Waals surface area (Å²) in [6.07, 6.45) is 1.69. The van der Waals surface area contributed by atoms with Gasteiger partial charge in [0.1, 0.15) is 12.4 Å². The lowest BCUT2D eigenvalue weighted by molar-refractivity contribution is -0.124. The predicted molar refractivity (Wildman–Crippen MR) is 144 cm³/mol. The van der Waals surface area contributed by atoms with Crippen LogP contribution in [-0.4, -0.2) is 18.0 Å². The predicted octanol–water partition coefficient (Wildman–Crippen LogP) is 5.90. The third-order valence-electron chi connectivity index (χ3n) is 6.01. The fraction of sp³-hybridized carbons (Fsp3) is 0.167. The number of anilines is 1. The molecule has 0 bridgehead atoms. The van der Waals surface area contributed by atoms with Gasteiger partial charge in [-0.15, -0.1) is 0 Å². The highest BCUT2D eigenvalue weighted by Gasteiger charge is 2.10. The van der Waals surface area contributed by atoms with Crippen LogP contribution in [0.3, 0.4) is 0 Å². The zero-order valence-electron chi connectivity index (χ0n) is 20.5. The lowest BCUT2D eigenvalue weighted by atomic mass is 10.0. The Labute approximate surface area is 211 Å². The molecule has 4 aromatic rings. The number of aryl methyl sites for hydroxylation is 1. The maximum atomic E-state index is 12.3. The van der Waals surface area contributed by atoms with Crippen molar-refractivity contribution in [3.8, 4) is 5.75 Å². The number of nitrogens with one attached hydrogen (secondary N) is 2. The third-order valence-corrected chi connectivity index (χ3v) is 6.01. The molecule has 0 saturated carbocycles. The summed E-state index contributed by atoms with van der Waals surface area (Å²) in [5.41, 5.74) is 7.24.